The molecule has 4 heteroatoms. The van der Waals surface area contributed by atoms with Gasteiger partial charge in [0.25, 0.3) is 0 Å². The molecule has 0 saturated carbocycles. The fourth-order valence-corrected chi connectivity index (χ4v) is 1.50. The largest absolute Gasteiger partial charge is 0.465 e. The molecule has 0 radical (unpaired) electrons. The molecule has 0 aliphatic rings. The number of rotatable bonds is 4. The lowest BCUT2D eigenvalue weighted by Crippen LogP contribution is -2.02. The molecule has 0 saturated heterocycles. The Hall–Kier alpha value is -1.35. The number of benzene rings is 1. The lowest BCUT2D eigenvalue weighted by molar-refractivity contribution is -0.107. The molecule has 0 heterocycles. The summed E-state index contributed by atoms with van der Waals surface area (Å²) in [6.07, 6.45) is 1.93. The summed E-state index contributed by atoms with van der Waals surface area (Å²) < 4.78 is 4.56. The predicted molar refractivity (Wildman–Crippen MR) is 57.2 cm³/mol. The Bertz CT molecular complexity index is 374. The maximum Gasteiger partial charge on any atom is 0.339 e. The van der Waals surface area contributed by atoms with Crippen molar-refractivity contribution in [1.29, 1.82) is 0 Å². The number of esters is 1. The Kier molecular flexibility index (Phi) is 4.31. The average Bonchev–Trinajstić information content (AvgIpc) is 2.25. The van der Waals surface area contributed by atoms with Crippen molar-refractivity contribution in [3.8, 4) is 0 Å². The molecule has 0 atom stereocenters. The smallest absolute Gasteiger partial charge is 0.339 e. The maximum absolute atomic E-state index is 11.2. The molecule has 1 aromatic carbocycles. The topological polar surface area (TPSA) is 43.4 Å². The van der Waals surface area contributed by atoms with Gasteiger partial charge in [0, 0.05) is 6.42 Å². The zero-order chi connectivity index (χ0) is 11.3. The van der Waals surface area contributed by atoms with Crippen molar-refractivity contribution in [2.24, 2.45) is 0 Å². The summed E-state index contributed by atoms with van der Waals surface area (Å²) in [6, 6.07) is 5.05. The number of methoxy groups -OCH3 is 1. The molecule has 0 aliphatic heterocycles. The van der Waals surface area contributed by atoms with Gasteiger partial charge in [-0.1, -0.05) is 17.7 Å². The molecular weight excluding hydrogens is 216 g/mol. The third-order valence-corrected chi connectivity index (χ3v) is 2.30. The van der Waals surface area contributed by atoms with E-state index in [1.165, 1.54) is 7.11 Å². The molecule has 0 amide bonds. The highest BCUT2D eigenvalue weighted by Gasteiger charge is 2.10. The minimum atomic E-state index is -0.457. The van der Waals surface area contributed by atoms with E-state index in [0.29, 0.717) is 23.4 Å². The summed E-state index contributed by atoms with van der Waals surface area (Å²) in [4.78, 5) is 21.4. The molecule has 0 unspecified atom stereocenters. The van der Waals surface area contributed by atoms with Crippen LogP contribution in [0.25, 0.3) is 0 Å². The predicted octanol–water partition coefficient (Wildman–Crippen LogP) is 2.26. The van der Waals surface area contributed by atoms with Crippen molar-refractivity contribution in [3.63, 3.8) is 0 Å². The molecule has 0 N–H and O–H groups in total. The molecule has 1 aromatic rings. The first-order chi connectivity index (χ1) is 7.19. The molecular formula is C11H11ClO3. The van der Waals surface area contributed by atoms with Gasteiger partial charge in [-0.2, -0.15) is 0 Å². The Morgan fingerprint density at radius 3 is 2.80 bits per heavy atom. The van der Waals surface area contributed by atoms with E-state index in [2.05, 4.69) is 4.74 Å². The quantitative estimate of drug-likeness (QED) is 0.584. The molecule has 0 spiro atoms. The first-order valence-corrected chi connectivity index (χ1v) is 4.87. The monoisotopic (exact) mass is 226 g/mol. The van der Waals surface area contributed by atoms with Gasteiger partial charge < -0.3 is 9.53 Å². The fraction of sp³-hybridized carbons (Fsp3) is 0.273. The summed E-state index contributed by atoms with van der Waals surface area (Å²) in [6.45, 7) is 0. The van der Waals surface area contributed by atoms with E-state index in [9.17, 15) is 9.59 Å². The van der Waals surface area contributed by atoms with Gasteiger partial charge in [-0.3, -0.25) is 0 Å². The molecule has 1 rings (SSSR count). The molecule has 0 bridgehead atoms. The third-order valence-electron chi connectivity index (χ3n) is 1.99. The van der Waals surface area contributed by atoms with E-state index in [1.807, 2.05) is 0 Å². The van der Waals surface area contributed by atoms with E-state index >= 15 is 0 Å². The van der Waals surface area contributed by atoms with Crippen molar-refractivity contribution in [3.05, 3.63) is 34.3 Å². The Morgan fingerprint density at radius 2 is 2.27 bits per heavy atom. The van der Waals surface area contributed by atoms with Crippen LogP contribution in [0.3, 0.4) is 0 Å². The fourth-order valence-electron chi connectivity index (χ4n) is 1.22. The number of hydrogen-bond donors (Lipinski definition) is 0. The van der Waals surface area contributed by atoms with Crippen molar-refractivity contribution in [2.75, 3.05) is 7.11 Å². The van der Waals surface area contributed by atoms with E-state index in [4.69, 9.17) is 11.6 Å². The van der Waals surface area contributed by atoms with Crippen LogP contribution >= 0.6 is 11.6 Å². The summed E-state index contributed by atoms with van der Waals surface area (Å²) >= 11 is 5.89. The molecule has 3 nitrogen and oxygen atoms in total. The van der Waals surface area contributed by atoms with E-state index in [0.717, 1.165) is 11.8 Å². The van der Waals surface area contributed by atoms with Crippen LogP contribution in [0.5, 0.6) is 0 Å². The maximum atomic E-state index is 11.2. The second kappa shape index (κ2) is 5.51. The first kappa shape index (κ1) is 11.7. The molecule has 0 aromatic heterocycles. The number of aldehydes is 1. The van der Waals surface area contributed by atoms with Crippen LogP contribution in [-0.2, 0) is 16.0 Å². The average molecular weight is 227 g/mol. The Labute approximate surface area is 93.0 Å². The van der Waals surface area contributed by atoms with Crippen LogP contribution in [0.1, 0.15) is 22.3 Å². The summed E-state index contributed by atoms with van der Waals surface area (Å²) in [5, 5.41) is 0.352. The minimum absolute atomic E-state index is 0.342. The molecule has 80 valence electrons. The molecule has 0 aliphatic carbocycles. The second-order valence-electron chi connectivity index (χ2n) is 3.01. The van der Waals surface area contributed by atoms with Crippen LogP contribution in [0.4, 0.5) is 0 Å². The molecule has 15 heavy (non-hydrogen) atoms. The number of aryl methyl sites for hydroxylation is 1. The highest BCUT2D eigenvalue weighted by molar-refractivity contribution is 6.33. The second-order valence-corrected chi connectivity index (χ2v) is 3.42. The van der Waals surface area contributed by atoms with Crippen LogP contribution in [0.2, 0.25) is 5.02 Å². The van der Waals surface area contributed by atoms with Gasteiger partial charge in [-0.15, -0.1) is 0 Å². The van der Waals surface area contributed by atoms with E-state index in [-0.39, 0.29) is 0 Å². The third kappa shape index (κ3) is 3.06. The van der Waals surface area contributed by atoms with Gasteiger partial charge in [0.1, 0.15) is 6.29 Å². The van der Waals surface area contributed by atoms with Gasteiger partial charge >= 0.3 is 5.97 Å². The summed E-state index contributed by atoms with van der Waals surface area (Å²) in [7, 11) is 1.30. The number of carbonyl (C=O) groups excluding carboxylic acids is 2. The molecule has 0 fully saturated rings. The lowest BCUT2D eigenvalue weighted by atomic mass is 10.1. The number of carbonyl (C=O) groups is 2. The van der Waals surface area contributed by atoms with Crippen molar-refractivity contribution in [1.82, 2.24) is 0 Å². The van der Waals surface area contributed by atoms with Gasteiger partial charge in [-0.05, 0) is 24.1 Å². The van der Waals surface area contributed by atoms with Crippen molar-refractivity contribution in [2.45, 2.75) is 12.8 Å². The van der Waals surface area contributed by atoms with Gasteiger partial charge in [0.05, 0.1) is 17.7 Å². The summed E-state index contributed by atoms with van der Waals surface area (Å²) in [5.41, 5.74) is 1.27. The van der Waals surface area contributed by atoms with Gasteiger partial charge in [0.15, 0.2) is 0 Å². The normalized spacial score (nSPS) is 9.73. The zero-order valence-corrected chi connectivity index (χ0v) is 9.08. The highest BCUT2D eigenvalue weighted by atomic mass is 35.5. The van der Waals surface area contributed by atoms with Crippen molar-refractivity contribution >= 4 is 23.9 Å². The lowest BCUT2D eigenvalue weighted by Gasteiger charge is -2.04. The van der Waals surface area contributed by atoms with Gasteiger partial charge in [0.2, 0.25) is 0 Å². The number of halogens is 1. The summed E-state index contributed by atoms with van der Waals surface area (Å²) in [5.74, 6) is -0.457. The van der Waals surface area contributed by atoms with Crippen LogP contribution in [0.15, 0.2) is 18.2 Å². The SMILES string of the molecule is COC(=O)c1ccc(CCC=O)cc1Cl. The van der Waals surface area contributed by atoms with E-state index < -0.39 is 5.97 Å². The zero-order valence-electron chi connectivity index (χ0n) is 8.33. The van der Waals surface area contributed by atoms with Crippen LogP contribution < -0.4 is 0 Å². The van der Waals surface area contributed by atoms with Gasteiger partial charge in [-0.25, -0.2) is 4.79 Å². The standard InChI is InChI=1S/C11H11ClO3/c1-15-11(14)9-5-4-8(3-2-6-13)7-10(9)12/h4-7H,2-3H2,1H3. The van der Waals surface area contributed by atoms with Crippen molar-refractivity contribution < 1.29 is 14.3 Å². The Morgan fingerprint density at radius 1 is 1.53 bits per heavy atom. The van der Waals surface area contributed by atoms with Crippen LogP contribution in [-0.4, -0.2) is 19.4 Å². The van der Waals surface area contributed by atoms with E-state index in [1.54, 1.807) is 18.2 Å². The number of ether oxygens (including phenoxy) is 1. The first-order valence-electron chi connectivity index (χ1n) is 4.49. The Balaban J connectivity index is 2.87. The van der Waals surface area contributed by atoms with Crippen LogP contribution in [0, 0.1) is 0 Å². The number of hydrogen-bond acceptors (Lipinski definition) is 3. The highest BCUT2D eigenvalue weighted by Crippen LogP contribution is 2.19. The minimum Gasteiger partial charge on any atom is -0.465 e.